The van der Waals surface area contributed by atoms with Crippen molar-refractivity contribution in [1.29, 1.82) is 0 Å². The van der Waals surface area contributed by atoms with Crippen LogP contribution in [0.3, 0.4) is 0 Å². The quantitative estimate of drug-likeness (QED) is 0.672. The zero-order chi connectivity index (χ0) is 6.85. The molecule has 1 aliphatic carbocycles. The zero-order valence-electron chi connectivity index (χ0n) is 5.59. The SMILES string of the molecule is Cl.NC[C@@H]1CC[C@H]1C(F)F. The van der Waals surface area contributed by atoms with E-state index in [1.54, 1.807) is 0 Å². The van der Waals surface area contributed by atoms with E-state index >= 15 is 0 Å². The Bertz CT molecular complexity index is 97.7. The van der Waals surface area contributed by atoms with Crippen molar-refractivity contribution in [3.63, 3.8) is 0 Å². The molecule has 0 aromatic carbocycles. The summed E-state index contributed by atoms with van der Waals surface area (Å²) in [6.07, 6.45) is -0.585. The first-order valence-corrected chi connectivity index (χ1v) is 3.24. The Labute approximate surface area is 65.4 Å². The zero-order valence-corrected chi connectivity index (χ0v) is 6.41. The second-order valence-corrected chi connectivity index (χ2v) is 2.57. The van der Waals surface area contributed by atoms with Gasteiger partial charge < -0.3 is 5.73 Å². The molecule has 0 aliphatic heterocycles. The Hall–Kier alpha value is 0.110. The van der Waals surface area contributed by atoms with E-state index in [9.17, 15) is 8.78 Å². The molecule has 2 N–H and O–H groups in total. The minimum Gasteiger partial charge on any atom is -0.330 e. The van der Waals surface area contributed by atoms with Crippen LogP contribution >= 0.6 is 12.4 Å². The molecular weight excluding hydrogens is 160 g/mol. The van der Waals surface area contributed by atoms with Gasteiger partial charge in [-0.3, -0.25) is 0 Å². The maximum atomic E-state index is 11.9. The molecule has 0 spiro atoms. The molecular formula is C6H12ClF2N. The van der Waals surface area contributed by atoms with E-state index in [0.29, 0.717) is 13.0 Å². The number of nitrogens with two attached hydrogens (primary N) is 1. The van der Waals surface area contributed by atoms with Crippen molar-refractivity contribution >= 4 is 12.4 Å². The van der Waals surface area contributed by atoms with Crippen molar-refractivity contribution in [2.45, 2.75) is 19.3 Å². The summed E-state index contributed by atoms with van der Waals surface area (Å²) < 4.78 is 23.7. The first-order valence-electron chi connectivity index (χ1n) is 3.24. The monoisotopic (exact) mass is 171 g/mol. The Morgan fingerprint density at radius 1 is 1.40 bits per heavy atom. The predicted octanol–water partition coefficient (Wildman–Crippen LogP) is 1.66. The molecule has 1 saturated carbocycles. The van der Waals surface area contributed by atoms with E-state index in [2.05, 4.69) is 0 Å². The molecule has 0 unspecified atom stereocenters. The Kier molecular flexibility index (Phi) is 4.13. The van der Waals surface area contributed by atoms with Crippen molar-refractivity contribution in [3.8, 4) is 0 Å². The average Bonchev–Trinajstić information content (AvgIpc) is 1.61. The van der Waals surface area contributed by atoms with Crippen LogP contribution < -0.4 is 5.73 Å². The number of halogens is 3. The van der Waals surface area contributed by atoms with Gasteiger partial charge in [-0.25, -0.2) is 8.78 Å². The number of alkyl halides is 2. The highest BCUT2D eigenvalue weighted by molar-refractivity contribution is 5.85. The highest BCUT2D eigenvalue weighted by atomic mass is 35.5. The molecule has 0 aromatic heterocycles. The van der Waals surface area contributed by atoms with Crippen LogP contribution in [-0.2, 0) is 0 Å². The molecule has 1 rings (SSSR count). The highest BCUT2D eigenvalue weighted by Gasteiger charge is 2.36. The first kappa shape index (κ1) is 10.1. The summed E-state index contributed by atoms with van der Waals surface area (Å²) in [6, 6.07) is 0. The fourth-order valence-electron chi connectivity index (χ4n) is 1.22. The third kappa shape index (κ3) is 1.80. The molecule has 1 fully saturated rings. The molecule has 1 aliphatic rings. The molecule has 0 bridgehead atoms. The van der Waals surface area contributed by atoms with Crippen molar-refractivity contribution in [3.05, 3.63) is 0 Å². The van der Waals surface area contributed by atoms with Crippen molar-refractivity contribution < 1.29 is 8.78 Å². The van der Waals surface area contributed by atoms with Gasteiger partial charge in [0, 0.05) is 5.92 Å². The summed E-state index contributed by atoms with van der Waals surface area (Å²) in [5, 5.41) is 0. The maximum Gasteiger partial charge on any atom is 0.241 e. The van der Waals surface area contributed by atoms with Gasteiger partial charge in [0.2, 0.25) is 6.43 Å². The second-order valence-electron chi connectivity index (χ2n) is 2.57. The van der Waals surface area contributed by atoms with Crippen LogP contribution in [0.25, 0.3) is 0 Å². The second kappa shape index (κ2) is 4.09. The van der Waals surface area contributed by atoms with Gasteiger partial charge in [0.05, 0.1) is 0 Å². The fourth-order valence-corrected chi connectivity index (χ4v) is 1.22. The van der Waals surface area contributed by atoms with E-state index in [-0.39, 0.29) is 18.3 Å². The molecule has 62 valence electrons. The maximum absolute atomic E-state index is 11.9. The molecule has 2 atom stereocenters. The number of hydrogen-bond acceptors (Lipinski definition) is 1. The molecule has 4 heteroatoms. The summed E-state index contributed by atoms with van der Waals surface area (Å²) in [7, 11) is 0. The number of hydrogen-bond donors (Lipinski definition) is 1. The molecule has 10 heavy (non-hydrogen) atoms. The van der Waals surface area contributed by atoms with E-state index in [0.717, 1.165) is 6.42 Å². The van der Waals surface area contributed by atoms with Crippen LogP contribution in [0.1, 0.15) is 12.8 Å². The van der Waals surface area contributed by atoms with Gasteiger partial charge in [0.15, 0.2) is 0 Å². The van der Waals surface area contributed by atoms with Crippen molar-refractivity contribution in [1.82, 2.24) is 0 Å². The van der Waals surface area contributed by atoms with Crippen molar-refractivity contribution in [2.75, 3.05) is 6.54 Å². The Balaban J connectivity index is 0.000000810. The molecule has 1 nitrogen and oxygen atoms in total. The topological polar surface area (TPSA) is 26.0 Å². The minimum atomic E-state index is -2.15. The summed E-state index contributed by atoms with van der Waals surface area (Å²) in [5.41, 5.74) is 5.23. The predicted molar refractivity (Wildman–Crippen MR) is 38.5 cm³/mol. The van der Waals surface area contributed by atoms with Crippen LogP contribution in [0.5, 0.6) is 0 Å². The molecule has 0 amide bonds. The lowest BCUT2D eigenvalue weighted by atomic mass is 9.74. The van der Waals surface area contributed by atoms with Gasteiger partial charge >= 0.3 is 0 Å². The van der Waals surface area contributed by atoms with E-state index < -0.39 is 12.3 Å². The Morgan fingerprint density at radius 3 is 2.10 bits per heavy atom. The minimum absolute atomic E-state index is 0. The Morgan fingerprint density at radius 2 is 2.00 bits per heavy atom. The molecule has 0 radical (unpaired) electrons. The highest BCUT2D eigenvalue weighted by Crippen LogP contribution is 2.37. The van der Waals surface area contributed by atoms with Gasteiger partial charge in [-0.2, -0.15) is 0 Å². The summed E-state index contributed by atoms with van der Waals surface area (Å²) in [4.78, 5) is 0. The van der Waals surface area contributed by atoms with E-state index in [1.165, 1.54) is 0 Å². The van der Waals surface area contributed by atoms with Gasteiger partial charge in [-0.05, 0) is 25.3 Å². The average molecular weight is 172 g/mol. The van der Waals surface area contributed by atoms with Crippen LogP contribution in [-0.4, -0.2) is 13.0 Å². The van der Waals surface area contributed by atoms with Gasteiger partial charge in [0.25, 0.3) is 0 Å². The van der Waals surface area contributed by atoms with Crippen LogP contribution in [0.2, 0.25) is 0 Å². The van der Waals surface area contributed by atoms with E-state index in [4.69, 9.17) is 5.73 Å². The van der Waals surface area contributed by atoms with E-state index in [1.807, 2.05) is 0 Å². The van der Waals surface area contributed by atoms with Gasteiger partial charge in [-0.1, -0.05) is 0 Å². The largest absolute Gasteiger partial charge is 0.330 e. The molecule has 0 heterocycles. The standard InChI is InChI=1S/C6H11F2N.ClH/c7-6(8)5-2-1-4(5)3-9;/h4-6H,1-3,9H2;1H/t4-,5+;/m0./s1. The van der Waals surface area contributed by atoms with Crippen LogP contribution in [0, 0.1) is 11.8 Å². The lowest BCUT2D eigenvalue weighted by molar-refractivity contribution is -0.00809. The third-order valence-electron chi connectivity index (χ3n) is 2.10. The smallest absolute Gasteiger partial charge is 0.241 e. The van der Waals surface area contributed by atoms with Gasteiger partial charge in [-0.15, -0.1) is 12.4 Å². The lowest BCUT2D eigenvalue weighted by Gasteiger charge is -2.34. The third-order valence-corrected chi connectivity index (χ3v) is 2.10. The normalized spacial score (nSPS) is 31.2. The summed E-state index contributed by atoms with van der Waals surface area (Å²) >= 11 is 0. The molecule has 0 aromatic rings. The van der Waals surface area contributed by atoms with Gasteiger partial charge in [0.1, 0.15) is 0 Å². The number of rotatable bonds is 2. The lowest BCUT2D eigenvalue weighted by Crippen LogP contribution is -2.36. The molecule has 0 saturated heterocycles. The fraction of sp³-hybridized carbons (Fsp3) is 1.00. The van der Waals surface area contributed by atoms with Crippen LogP contribution in [0.15, 0.2) is 0 Å². The summed E-state index contributed by atoms with van der Waals surface area (Å²) in [6.45, 7) is 0.426. The summed E-state index contributed by atoms with van der Waals surface area (Å²) in [5.74, 6) is -0.292. The van der Waals surface area contributed by atoms with Crippen molar-refractivity contribution in [2.24, 2.45) is 17.6 Å². The van der Waals surface area contributed by atoms with Crippen LogP contribution in [0.4, 0.5) is 8.78 Å². The first-order chi connectivity index (χ1) is 4.25.